The van der Waals surface area contributed by atoms with E-state index in [4.69, 9.17) is 0 Å². The van der Waals surface area contributed by atoms with E-state index in [0.29, 0.717) is 0 Å². The quantitative estimate of drug-likeness (QED) is 0.146. The summed E-state index contributed by atoms with van der Waals surface area (Å²) in [5.74, 6) is 0. The fourth-order valence-electron chi connectivity index (χ4n) is 5.95. The normalized spacial score (nSPS) is 29.1. The standard InChI is InChI=1S/2C13H19N2.H2O8S2/c2*1-2-4-13(5-3-1)12-15-9-6-14(7-10-15)8-11-15;1-9(2,3)7-8-10(4,5)6/h2*1-5H,6-12H2;(H,1,2,3)(H,4,5,6)/q2*+1;/p-2. The monoisotopic (exact) mass is 598 g/mol. The van der Waals surface area contributed by atoms with Gasteiger partial charge in [-0.15, -0.1) is 8.67 Å². The predicted octanol–water partition coefficient (Wildman–Crippen LogP) is 0.520. The highest BCUT2D eigenvalue weighted by Gasteiger charge is 2.39. The largest absolute Gasteiger partial charge is 0.724 e. The molecule has 0 spiro atoms. The van der Waals surface area contributed by atoms with Crippen LogP contribution in [0.5, 0.6) is 0 Å². The van der Waals surface area contributed by atoms with Crippen molar-refractivity contribution in [3.8, 4) is 0 Å². The van der Waals surface area contributed by atoms with E-state index in [1.807, 2.05) is 0 Å². The first kappa shape index (κ1) is 31.0. The van der Waals surface area contributed by atoms with E-state index in [1.165, 1.54) is 112 Å². The van der Waals surface area contributed by atoms with Crippen LogP contribution in [0.25, 0.3) is 0 Å². The minimum absolute atomic E-state index is 1.24. The molecule has 6 fully saturated rings. The Kier molecular flexibility index (Phi) is 10.3. The van der Waals surface area contributed by atoms with Crippen LogP contribution in [0.1, 0.15) is 11.1 Å². The summed E-state index contributed by atoms with van der Waals surface area (Å²) in [6, 6.07) is 21.9. The summed E-state index contributed by atoms with van der Waals surface area (Å²) in [5.41, 5.74) is 3.01. The Hall–Kier alpha value is -1.98. The molecule has 4 bridgehead atoms. The van der Waals surface area contributed by atoms with E-state index in [-0.39, 0.29) is 0 Å². The van der Waals surface area contributed by atoms with Gasteiger partial charge in [-0.1, -0.05) is 60.7 Å². The zero-order chi connectivity index (χ0) is 28.7. The summed E-state index contributed by atoms with van der Waals surface area (Å²) >= 11 is 0. The fraction of sp³-hybridized carbons (Fsp3) is 0.538. The lowest BCUT2D eigenvalue weighted by atomic mass is 10.1. The second-order valence-electron chi connectivity index (χ2n) is 10.9. The van der Waals surface area contributed by atoms with Crippen molar-refractivity contribution in [1.29, 1.82) is 0 Å². The van der Waals surface area contributed by atoms with Crippen LogP contribution in [0.4, 0.5) is 0 Å². The topological polar surface area (TPSA) is 139 Å². The number of benzene rings is 2. The Morgan fingerprint density at radius 1 is 0.550 bits per heavy atom. The third-order valence-electron chi connectivity index (χ3n) is 8.26. The summed E-state index contributed by atoms with van der Waals surface area (Å²) in [4.78, 5) is 5.20. The first-order valence-electron chi connectivity index (χ1n) is 13.5. The van der Waals surface area contributed by atoms with Crippen molar-refractivity contribution in [3.05, 3.63) is 71.8 Å². The highest BCUT2D eigenvalue weighted by Crippen LogP contribution is 2.24. The van der Waals surface area contributed by atoms with Crippen molar-refractivity contribution in [2.45, 2.75) is 13.1 Å². The van der Waals surface area contributed by atoms with Gasteiger partial charge in [0.05, 0.1) is 39.3 Å². The van der Waals surface area contributed by atoms with Gasteiger partial charge in [0.25, 0.3) is 0 Å². The minimum atomic E-state index is -5.31. The van der Waals surface area contributed by atoms with Gasteiger partial charge >= 0.3 is 0 Å². The van der Waals surface area contributed by atoms with E-state index in [9.17, 15) is 25.9 Å². The molecule has 0 aliphatic carbocycles. The molecule has 6 aliphatic rings. The number of rotatable bonds is 7. The van der Waals surface area contributed by atoms with Crippen molar-refractivity contribution >= 4 is 20.8 Å². The molecule has 0 unspecified atom stereocenters. The van der Waals surface area contributed by atoms with Crippen molar-refractivity contribution in [2.24, 2.45) is 0 Å². The van der Waals surface area contributed by atoms with Gasteiger partial charge in [-0.25, -0.2) is 16.8 Å². The summed E-state index contributed by atoms with van der Waals surface area (Å²) in [6.45, 7) is 18.5. The van der Waals surface area contributed by atoms with Crippen LogP contribution in [0.15, 0.2) is 60.7 Å². The molecule has 222 valence electrons. The maximum Gasteiger partial charge on any atom is 0.246 e. The van der Waals surface area contributed by atoms with E-state index in [2.05, 4.69) is 79.1 Å². The van der Waals surface area contributed by atoms with Gasteiger partial charge in [0, 0.05) is 50.4 Å². The van der Waals surface area contributed by atoms with Crippen molar-refractivity contribution in [3.63, 3.8) is 0 Å². The predicted molar refractivity (Wildman–Crippen MR) is 144 cm³/mol. The molecular formula is C26H38N4O8S2. The third kappa shape index (κ3) is 9.83. The smallest absolute Gasteiger partial charge is 0.246 e. The SMILES string of the molecule is O=S(=O)([O-])OOS(=O)(=O)[O-].c1ccc(C[N+]23CCN(CC2)CC3)cc1.c1ccc(C[N+]23CCN(CC2)CC3)cc1. The van der Waals surface area contributed by atoms with E-state index in [0.717, 1.165) is 0 Å². The lowest BCUT2D eigenvalue weighted by molar-refractivity contribution is -0.953. The Labute approximate surface area is 237 Å². The molecule has 40 heavy (non-hydrogen) atoms. The molecule has 2 aromatic rings. The van der Waals surface area contributed by atoms with Crippen molar-refractivity contribution in [2.75, 3.05) is 78.5 Å². The first-order chi connectivity index (χ1) is 18.9. The van der Waals surface area contributed by atoms with E-state index in [1.54, 1.807) is 0 Å². The molecule has 0 N–H and O–H groups in total. The molecule has 6 heterocycles. The van der Waals surface area contributed by atoms with E-state index < -0.39 is 20.8 Å². The van der Waals surface area contributed by atoms with Gasteiger partial charge in [0.2, 0.25) is 20.8 Å². The van der Waals surface area contributed by atoms with Crippen molar-refractivity contribution in [1.82, 2.24) is 9.80 Å². The van der Waals surface area contributed by atoms with Crippen LogP contribution in [-0.2, 0) is 42.6 Å². The second-order valence-corrected chi connectivity index (χ2v) is 12.9. The number of hydrogen-bond donors (Lipinski definition) is 0. The summed E-state index contributed by atoms with van der Waals surface area (Å²) in [6.07, 6.45) is 0. The number of fused-ring (bicyclic) bond motifs is 6. The van der Waals surface area contributed by atoms with Crippen LogP contribution in [0, 0.1) is 0 Å². The molecule has 6 aliphatic heterocycles. The maximum absolute atomic E-state index is 9.37. The van der Waals surface area contributed by atoms with Crippen LogP contribution in [0.3, 0.4) is 0 Å². The zero-order valence-electron chi connectivity index (χ0n) is 22.5. The first-order valence-corrected chi connectivity index (χ1v) is 16.1. The molecule has 0 aromatic heterocycles. The zero-order valence-corrected chi connectivity index (χ0v) is 24.2. The number of piperazine rings is 6. The molecule has 0 atom stereocenters. The average Bonchev–Trinajstić information content (AvgIpc) is 2.95. The maximum atomic E-state index is 9.37. The van der Waals surface area contributed by atoms with Gasteiger partial charge in [-0.3, -0.25) is 9.80 Å². The van der Waals surface area contributed by atoms with Crippen LogP contribution in [-0.4, -0.2) is 123 Å². The Morgan fingerprint density at radius 2 is 0.825 bits per heavy atom. The lowest BCUT2D eigenvalue weighted by Crippen LogP contribution is -2.66. The van der Waals surface area contributed by atoms with Gasteiger partial charge in [0.1, 0.15) is 13.1 Å². The highest BCUT2D eigenvalue weighted by molar-refractivity contribution is 7.83. The molecule has 0 amide bonds. The Balaban J connectivity index is 0.000000143. The average molecular weight is 599 g/mol. The molecule has 2 aromatic carbocycles. The number of quaternary nitrogens is 2. The van der Waals surface area contributed by atoms with Crippen LogP contribution < -0.4 is 0 Å². The van der Waals surface area contributed by atoms with Gasteiger partial charge in [-0.05, 0) is 0 Å². The minimum Gasteiger partial charge on any atom is -0.724 e. The molecule has 14 heteroatoms. The molecule has 8 rings (SSSR count). The second kappa shape index (κ2) is 13.3. The van der Waals surface area contributed by atoms with Gasteiger partial charge in [0.15, 0.2) is 0 Å². The number of nitrogens with zero attached hydrogens (tertiary/aromatic N) is 4. The molecular weight excluding hydrogens is 560 g/mol. The molecule has 12 nitrogen and oxygen atoms in total. The van der Waals surface area contributed by atoms with E-state index >= 15 is 0 Å². The third-order valence-corrected chi connectivity index (χ3v) is 8.82. The van der Waals surface area contributed by atoms with Crippen LogP contribution >= 0.6 is 0 Å². The summed E-state index contributed by atoms with van der Waals surface area (Å²) in [7, 11) is -10.6. The molecule has 0 saturated carbocycles. The fourth-order valence-corrected chi connectivity index (χ4v) is 6.49. The summed E-state index contributed by atoms with van der Waals surface area (Å²) < 4.78 is 64.1. The van der Waals surface area contributed by atoms with Gasteiger partial charge in [-0.2, -0.15) is 0 Å². The summed E-state index contributed by atoms with van der Waals surface area (Å²) in [5, 5.41) is 0. The number of hydrogen-bond acceptors (Lipinski definition) is 10. The lowest BCUT2D eigenvalue weighted by Gasteiger charge is -2.50. The van der Waals surface area contributed by atoms with Gasteiger partial charge < -0.3 is 18.1 Å². The highest BCUT2D eigenvalue weighted by atomic mass is 32.3. The molecule has 6 saturated heterocycles. The van der Waals surface area contributed by atoms with Crippen molar-refractivity contribution < 1.29 is 43.6 Å². The Morgan fingerprint density at radius 3 is 1.07 bits per heavy atom. The molecule has 0 radical (unpaired) electrons. The Bertz CT molecular complexity index is 1150. The van der Waals surface area contributed by atoms with Crippen LogP contribution in [0.2, 0.25) is 0 Å².